The first-order valence-corrected chi connectivity index (χ1v) is 11.4. The lowest BCUT2D eigenvalue weighted by Crippen LogP contribution is -2.13. The molecule has 0 spiro atoms. The van der Waals surface area contributed by atoms with Crippen LogP contribution in [0, 0.1) is 0 Å². The smallest absolute Gasteiger partial charge is 0.333 e. The third kappa shape index (κ3) is 5.98. The molecule has 0 amide bonds. The molecule has 1 aliphatic rings. The maximum Gasteiger partial charge on any atom is 0.333 e. The van der Waals surface area contributed by atoms with E-state index in [0.717, 1.165) is 12.0 Å². The van der Waals surface area contributed by atoms with Gasteiger partial charge < -0.3 is 14.6 Å². The fraction of sp³-hybridized carbons (Fsp3) is 0.444. The molecule has 2 aromatic carbocycles. The van der Waals surface area contributed by atoms with Gasteiger partial charge in [-0.2, -0.15) is 0 Å². The Kier molecular flexibility index (Phi) is 8.30. The SMILES string of the molecule is C=C(C)C(=O)OCCOc1cc(-c2ccc(C3CCCCC3)cc2CC)ccc1CO. The molecule has 0 radical (unpaired) electrons. The van der Waals surface area contributed by atoms with Gasteiger partial charge in [0.1, 0.15) is 19.0 Å². The number of aryl methyl sites for hydroxylation is 1. The number of esters is 1. The Morgan fingerprint density at radius 1 is 1.06 bits per heavy atom. The number of aliphatic hydroxyl groups excluding tert-OH is 1. The number of rotatable bonds is 9. The molecule has 0 bridgehead atoms. The quantitative estimate of drug-likeness (QED) is 0.308. The topological polar surface area (TPSA) is 55.8 Å². The van der Waals surface area contributed by atoms with Crippen LogP contribution in [0.15, 0.2) is 48.6 Å². The molecule has 0 saturated heterocycles. The summed E-state index contributed by atoms with van der Waals surface area (Å²) in [5.74, 6) is 0.876. The van der Waals surface area contributed by atoms with Crippen LogP contribution in [0.3, 0.4) is 0 Å². The van der Waals surface area contributed by atoms with E-state index in [2.05, 4.69) is 31.7 Å². The van der Waals surface area contributed by atoms with E-state index in [9.17, 15) is 9.90 Å². The van der Waals surface area contributed by atoms with Gasteiger partial charge in [0.2, 0.25) is 0 Å². The van der Waals surface area contributed by atoms with Crippen molar-refractivity contribution >= 4 is 5.97 Å². The van der Waals surface area contributed by atoms with Crippen LogP contribution in [0.2, 0.25) is 0 Å². The number of carbonyl (C=O) groups is 1. The van der Waals surface area contributed by atoms with E-state index in [1.165, 1.54) is 48.8 Å². The van der Waals surface area contributed by atoms with Crippen LogP contribution in [0.5, 0.6) is 5.75 Å². The molecule has 1 saturated carbocycles. The van der Waals surface area contributed by atoms with E-state index >= 15 is 0 Å². The van der Waals surface area contributed by atoms with Crippen LogP contribution in [0.1, 0.15) is 68.6 Å². The summed E-state index contributed by atoms with van der Waals surface area (Å²) in [6.07, 6.45) is 7.58. The van der Waals surface area contributed by atoms with Crippen LogP contribution in [0.25, 0.3) is 11.1 Å². The minimum Gasteiger partial charge on any atom is -0.490 e. The molecule has 0 aromatic heterocycles. The highest BCUT2D eigenvalue weighted by Crippen LogP contribution is 2.36. The second-order valence-corrected chi connectivity index (χ2v) is 8.35. The predicted octanol–water partition coefficient (Wildman–Crippen LogP) is 5.95. The minimum atomic E-state index is -0.426. The van der Waals surface area contributed by atoms with Crippen molar-refractivity contribution in [3.8, 4) is 16.9 Å². The Labute approximate surface area is 185 Å². The van der Waals surface area contributed by atoms with Crippen molar-refractivity contribution in [3.05, 3.63) is 65.2 Å². The van der Waals surface area contributed by atoms with Crippen molar-refractivity contribution in [2.24, 2.45) is 0 Å². The van der Waals surface area contributed by atoms with Gasteiger partial charge in [0.15, 0.2) is 0 Å². The molecule has 31 heavy (non-hydrogen) atoms. The molecule has 1 aliphatic carbocycles. The summed E-state index contributed by atoms with van der Waals surface area (Å²) in [5.41, 5.74) is 6.14. The summed E-state index contributed by atoms with van der Waals surface area (Å²) in [4.78, 5) is 11.5. The van der Waals surface area contributed by atoms with Crippen LogP contribution < -0.4 is 4.74 Å². The van der Waals surface area contributed by atoms with Crippen molar-refractivity contribution < 1.29 is 19.4 Å². The normalized spacial score (nSPS) is 14.3. The first-order chi connectivity index (χ1) is 15.0. The lowest BCUT2D eigenvalue weighted by Gasteiger charge is -2.23. The van der Waals surface area contributed by atoms with E-state index < -0.39 is 5.97 Å². The zero-order valence-corrected chi connectivity index (χ0v) is 18.8. The molecule has 1 fully saturated rings. The minimum absolute atomic E-state index is 0.109. The van der Waals surface area contributed by atoms with Crippen molar-refractivity contribution in [2.75, 3.05) is 13.2 Å². The van der Waals surface area contributed by atoms with Crippen LogP contribution in [0.4, 0.5) is 0 Å². The molecule has 166 valence electrons. The lowest BCUT2D eigenvalue weighted by molar-refractivity contribution is -0.139. The Hall–Kier alpha value is -2.59. The van der Waals surface area contributed by atoms with Gasteiger partial charge in [0.25, 0.3) is 0 Å². The highest BCUT2D eigenvalue weighted by atomic mass is 16.6. The molecule has 4 heteroatoms. The maximum atomic E-state index is 11.5. The van der Waals surface area contributed by atoms with Gasteiger partial charge in [-0.1, -0.05) is 63.1 Å². The molecule has 0 atom stereocenters. The van der Waals surface area contributed by atoms with Crippen LogP contribution in [-0.2, 0) is 22.6 Å². The van der Waals surface area contributed by atoms with Gasteiger partial charge >= 0.3 is 5.97 Å². The number of hydrogen-bond donors (Lipinski definition) is 1. The Morgan fingerprint density at radius 3 is 2.52 bits per heavy atom. The number of ether oxygens (including phenoxy) is 2. The lowest BCUT2D eigenvalue weighted by atomic mass is 9.82. The van der Waals surface area contributed by atoms with Gasteiger partial charge in [0.05, 0.1) is 6.61 Å². The first-order valence-electron chi connectivity index (χ1n) is 11.4. The second-order valence-electron chi connectivity index (χ2n) is 8.35. The zero-order valence-electron chi connectivity index (χ0n) is 18.8. The summed E-state index contributed by atoms with van der Waals surface area (Å²) < 4.78 is 10.9. The second kappa shape index (κ2) is 11.1. The van der Waals surface area contributed by atoms with Crippen molar-refractivity contribution in [3.63, 3.8) is 0 Å². The molecule has 0 unspecified atom stereocenters. The number of aliphatic hydroxyl groups is 1. The molecule has 4 nitrogen and oxygen atoms in total. The number of carbonyl (C=O) groups excluding carboxylic acids is 1. The fourth-order valence-corrected chi connectivity index (χ4v) is 4.27. The Balaban J connectivity index is 1.77. The van der Waals surface area contributed by atoms with Crippen LogP contribution >= 0.6 is 0 Å². The summed E-state index contributed by atoms with van der Waals surface area (Å²) in [6.45, 7) is 7.62. The molecular weight excluding hydrogens is 388 g/mol. The third-order valence-corrected chi connectivity index (χ3v) is 6.06. The molecule has 0 aliphatic heterocycles. The third-order valence-electron chi connectivity index (χ3n) is 6.06. The van der Waals surface area contributed by atoms with Crippen molar-refractivity contribution in [1.82, 2.24) is 0 Å². The molecule has 3 rings (SSSR count). The van der Waals surface area contributed by atoms with E-state index in [1.807, 2.05) is 18.2 Å². The molecule has 1 N–H and O–H groups in total. The predicted molar refractivity (Wildman–Crippen MR) is 124 cm³/mol. The highest BCUT2D eigenvalue weighted by Gasteiger charge is 2.17. The van der Waals surface area contributed by atoms with Crippen molar-refractivity contribution in [2.45, 2.75) is 64.9 Å². The van der Waals surface area contributed by atoms with Gasteiger partial charge in [-0.05, 0) is 60.4 Å². The molecular formula is C27H34O4. The highest BCUT2D eigenvalue weighted by molar-refractivity contribution is 5.86. The van der Waals surface area contributed by atoms with E-state index in [0.29, 0.717) is 22.8 Å². The average Bonchev–Trinajstić information content (AvgIpc) is 2.81. The first kappa shape index (κ1) is 23.1. The van der Waals surface area contributed by atoms with Gasteiger partial charge in [0, 0.05) is 11.1 Å². The van der Waals surface area contributed by atoms with E-state index in [-0.39, 0.29) is 19.8 Å². The maximum absolute atomic E-state index is 11.5. The fourth-order valence-electron chi connectivity index (χ4n) is 4.27. The van der Waals surface area contributed by atoms with Gasteiger partial charge in [-0.15, -0.1) is 0 Å². The molecule has 2 aromatic rings. The molecule has 0 heterocycles. The average molecular weight is 423 g/mol. The van der Waals surface area contributed by atoms with Crippen molar-refractivity contribution in [1.29, 1.82) is 0 Å². The standard InChI is InChI=1S/C27H34O4/c1-4-20-16-22(21-8-6-5-7-9-21)12-13-25(20)23-10-11-24(18-28)26(17-23)30-14-15-31-27(29)19(2)3/h10-13,16-17,21,28H,2,4-9,14-15,18H2,1,3H3. The Morgan fingerprint density at radius 2 is 1.84 bits per heavy atom. The summed E-state index contributed by atoms with van der Waals surface area (Å²) in [6, 6.07) is 12.8. The van der Waals surface area contributed by atoms with Gasteiger partial charge in [-0.3, -0.25) is 0 Å². The number of hydrogen-bond acceptors (Lipinski definition) is 4. The zero-order chi connectivity index (χ0) is 22.2. The van der Waals surface area contributed by atoms with E-state index in [1.54, 1.807) is 6.92 Å². The summed E-state index contributed by atoms with van der Waals surface area (Å²) in [5, 5.41) is 9.70. The summed E-state index contributed by atoms with van der Waals surface area (Å²) in [7, 11) is 0. The summed E-state index contributed by atoms with van der Waals surface area (Å²) >= 11 is 0. The number of benzene rings is 2. The van der Waals surface area contributed by atoms with E-state index in [4.69, 9.17) is 9.47 Å². The Bertz CT molecular complexity index is 909. The largest absolute Gasteiger partial charge is 0.490 e. The van der Waals surface area contributed by atoms with Gasteiger partial charge in [-0.25, -0.2) is 4.79 Å². The monoisotopic (exact) mass is 422 g/mol. The van der Waals surface area contributed by atoms with Crippen LogP contribution in [-0.4, -0.2) is 24.3 Å².